The lowest BCUT2D eigenvalue weighted by Crippen LogP contribution is -2.59. The Morgan fingerprint density at radius 2 is 1.72 bits per heavy atom. The van der Waals surface area contributed by atoms with Gasteiger partial charge >= 0.3 is 0 Å². The molecule has 3 aliphatic rings. The van der Waals surface area contributed by atoms with Gasteiger partial charge in [-0.3, -0.25) is 14.5 Å². The maximum absolute atomic E-state index is 14.1. The third-order valence-corrected chi connectivity index (χ3v) is 11.7. The molecule has 2 aromatic rings. The van der Waals surface area contributed by atoms with Crippen molar-refractivity contribution in [2.75, 3.05) is 52.1 Å². The van der Waals surface area contributed by atoms with Crippen molar-refractivity contribution in [2.24, 2.45) is 5.92 Å². The molecule has 11 heteroatoms. The molecular weight excluding hydrogens is 622 g/mol. The molecule has 5 rings (SSSR count). The lowest BCUT2D eigenvalue weighted by atomic mass is 9.83. The molecule has 0 radical (unpaired) electrons. The van der Waals surface area contributed by atoms with Crippen LogP contribution in [0, 0.1) is 5.92 Å². The van der Waals surface area contributed by atoms with Crippen molar-refractivity contribution < 1.29 is 18.0 Å². The highest BCUT2D eigenvalue weighted by molar-refractivity contribution is 7.88. The lowest BCUT2D eigenvalue weighted by molar-refractivity contribution is -0.138. The Morgan fingerprint density at radius 3 is 2.39 bits per heavy atom. The number of sulfonamides is 1. The summed E-state index contributed by atoms with van der Waals surface area (Å²) in [5.41, 5.74) is 3.34. The molecule has 2 amide bonds. The molecule has 0 aromatic heterocycles. The van der Waals surface area contributed by atoms with Crippen molar-refractivity contribution >= 4 is 33.4 Å². The molecule has 2 unspecified atom stereocenters. The monoisotopic (exact) mass is 671 g/mol. The van der Waals surface area contributed by atoms with Gasteiger partial charge in [-0.1, -0.05) is 74.2 Å². The number of halogens is 1. The average Bonchev–Trinajstić information content (AvgIpc) is 3.06. The number of benzene rings is 2. The number of amides is 2. The Labute approximate surface area is 280 Å². The third kappa shape index (κ3) is 9.10. The summed E-state index contributed by atoms with van der Waals surface area (Å²) in [4.78, 5) is 31.9. The third-order valence-electron chi connectivity index (χ3n) is 10.1. The van der Waals surface area contributed by atoms with E-state index in [0.29, 0.717) is 56.6 Å². The van der Waals surface area contributed by atoms with Crippen molar-refractivity contribution in [1.29, 1.82) is 0 Å². The standard InChI is InChI=1S/C35H50ClN5O4S/c1-3-41(46(2,44)45)25-33(28-10-5-4-6-11-28)39-19-21-40(22-20-39)35(43)32(23-26-13-15-29(36)16-14-26)38-34(42)24-31-30-12-8-7-9-27(30)17-18-37-31/h7-9,12-16,28,31-33,37H,3-6,10-11,17-25H2,1-2H3,(H,38,42)/t31?,32-,33?/m1/s1. The van der Waals surface area contributed by atoms with Crippen LogP contribution >= 0.6 is 11.6 Å². The van der Waals surface area contributed by atoms with E-state index in [1.807, 2.05) is 48.2 Å². The molecule has 0 bridgehead atoms. The fourth-order valence-corrected chi connectivity index (χ4v) is 8.57. The van der Waals surface area contributed by atoms with E-state index in [0.717, 1.165) is 36.9 Å². The number of nitrogens with one attached hydrogen (secondary N) is 2. The van der Waals surface area contributed by atoms with Crippen LogP contribution < -0.4 is 10.6 Å². The molecule has 1 saturated carbocycles. The quantitative estimate of drug-likeness (QED) is 0.354. The van der Waals surface area contributed by atoms with Gasteiger partial charge in [0.1, 0.15) is 6.04 Å². The van der Waals surface area contributed by atoms with Gasteiger partial charge in [-0.25, -0.2) is 12.7 Å². The van der Waals surface area contributed by atoms with Gasteiger partial charge in [0, 0.05) is 69.2 Å². The molecule has 1 saturated heterocycles. The van der Waals surface area contributed by atoms with Crippen LogP contribution in [0.1, 0.15) is 68.2 Å². The molecule has 252 valence electrons. The summed E-state index contributed by atoms with van der Waals surface area (Å²) in [6.07, 6.45) is 8.68. The SMILES string of the molecule is CCN(CC(C1CCCCC1)N1CCN(C(=O)[C@@H](Cc2ccc(Cl)cc2)NC(=O)CC2NCCc3ccccc32)CC1)S(C)(=O)=O. The maximum Gasteiger partial charge on any atom is 0.245 e. The number of nitrogens with zero attached hydrogens (tertiary/aromatic N) is 3. The average molecular weight is 672 g/mol. The second-order valence-electron chi connectivity index (χ2n) is 13.2. The largest absolute Gasteiger partial charge is 0.344 e. The maximum atomic E-state index is 14.1. The lowest BCUT2D eigenvalue weighted by Gasteiger charge is -2.45. The fraction of sp³-hybridized carbons (Fsp3) is 0.600. The number of carbonyl (C=O) groups excluding carboxylic acids is 2. The second kappa shape index (κ2) is 16.1. The number of carbonyl (C=O) groups is 2. The first kappa shape index (κ1) is 34.8. The summed E-state index contributed by atoms with van der Waals surface area (Å²) in [5.74, 6) is 0.209. The van der Waals surface area contributed by atoms with Gasteiger partial charge in [0.25, 0.3) is 0 Å². The predicted octanol–water partition coefficient (Wildman–Crippen LogP) is 4.02. The molecule has 2 fully saturated rings. The molecule has 2 aromatic carbocycles. The van der Waals surface area contributed by atoms with Crippen LogP contribution in [0.2, 0.25) is 5.02 Å². The molecular formula is C35H50ClN5O4S. The second-order valence-corrected chi connectivity index (χ2v) is 15.6. The minimum Gasteiger partial charge on any atom is -0.344 e. The Balaban J connectivity index is 1.27. The zero-order valence-electron chi connectivity index (χ0n) is 27.3. The van der Waals surface area contributed by atoms with Gasteiger partial charge in [0.2, 0.25) is 21.8 Å². The van der Waals surface area contributed by atoms with Gasteiger partial charge in [0.15, 0.2) is 0 Å². The van der Waals surface area contributed by atoms with E-state index in [1.165, 1.54) is 31.1 Å². The number of piperazine rings is 1. The Kier molecular flexibility index (Phi) is 12.2. The van der Waals surface area contributed by atoms with Crippen LogP contribution in [0.25, 0.3) is 0 Å². The smallest absolute Gasteiger partial charge is 0.245 e. The van der Waals surface area contributed by atoms with E-state index < -0.39 is 16.1 Å². The van der Waals surface area contributed by atoms with E-state index in [4.69, 9.17) is 11.6 Å². The van der Waals surface area contributed by atoms with Crippen LogP contribution in [-0.2, 0) is 32.5 Å². The van der Waals surface area contributed by atoms with Crippen LogP contribution in [0.15, 0.2) is 48.5 Å². The zero-order valence-corrected chi connectivity index (χ0v) is 28.9. The summed E-state index contributed by atoms with van der Waals surface area (Å²) in [7, 11) is -3.31. The Morgan fingerprint density at radius 1 is 1.02 bits per heavy atom. The first-order chi connectivity index (χ1) is 22.1. The van der Waals surface area contributed by atoms with Gasteiger partial charge in [-0.2, -0.15) is 0 Å². The normalized spacial score (nSPS) is 21.0. The van der Waals surface area contributed by atoms with Gasteiger partial charge < -0.3 is 15.5 Å². The van der Waals surface area contributed by atoms with Gasteiger partial charge in [-0.15, -0.1) is 0 Å². The van der Waals surface area contributed by atoms with E-state index >= 15 is 0 Å². The first-order valence-corrected chi connectivity index (χ1v) is 19.2. The molecule has 2 aliphatic heterocycles. The van der Waals surface area contributed by atoms with E-state index in [2.05, 4.69) is 27.7 Å². The van der Waals surface area contributed by atoms with Gasteiger partial charge in [-0.05, 0) is 60.5 Å². The predicted molar refractivity (Wildman–Crippen MR) is 183 cm³/mol. The van der Waals surface area contributed by atoms with Crippen LogP contribution in [-0.4, -0.2) is 98.5 Å². The number of likely N-dealkylation sites (N-methyl/N-ethyl adjacent to an activating group) is 1. The number of hydrogen-bond acceptors (Lipinski definition) is 6. The zero-order chi connectivity index (χ0) is 32.7. The summed E-state index contributed by atoms with van der Waals surface area (Å²) in [6, 6.07) is 15.0. The van der Waals surface area contributed by atoms with E-state index in [9.17, 15) is 18.0 Å². The van der Waals surface area contributed by atoms with Crippen molar-refractivity contribution in [3.8, 4) is 0 Å². The molecule has 2 N–H and O–H groups in total. The molecule has 2 heterocycles. The van der Waals surface area contributed by atoms with Crippen molar-refractivity contribution in [3.63, 3.8) is 0 Å². The number of rotatable bonds is 12. The number of fused-ring (bicyclic) bond motifs is 1. The first-order valence-electron chi connectivity index (χ1n) is 16.9. The minimum absolute atomic E-state index is 0.0829. The summed E-state index contributed by atoms with van der Waals surface area (Å²) in [6.45, 7) is 6.09. The highest BCUT2D eigenvalue weighted by Crippen LogP contribution is 2.31. The van der Waals surface area contributed by atoms with Crippen molar-refractivity contribution in [3.05, 3.63) is 70.2 Å². The van der Waals surface area contributed by atoms with Crippen LogP contribution in [0.3, 0.4) is 0 Å². The summed E-state index contributed by atoms with van der Waals surface area (Å²) in [5, 5.41) is 7.20. The minimum atomic E-state index is -3.31. The van der Waals surface area contributed by atoms with Crippen LogP contribution in [0.5, 0.6) is 0 Å². The highest BCUT2D eigenvalue weighted by atomic mass is 35.5. The summed E-state index contributed by atoms with van der Waals surface area (Å²) >= 11 is 6.13. The van der Waals surface area contributed by atoms with Crippen molar-refractivity contribution in [2.45, 2.75) is 76.4 Å². The van der Waals surface area contributed by atoms with E-state index in [1.54, 1.807) is 4.31 Å². The molecule has 3 atom stereocenters. The fourth-order valence-electron chi connectivity index (χ4n) is 7.55. The van der Waals surface area contributed by atoms with Crippen molar-refractivity contribution in [1.82, 2.24) is 24.7 Å². The molecule has 1 aliphatic carbocycles. The topological polar surface area (TPSA) is 102 Å². The van der Waals surface area contributed by atoms with E-state index in [-0.39, 0.29) is 30.3 Å². The van der Waals surface area contributed by atoms with Crippen LogP contribution in [0.4, 0.5) is 0 Å². The highest BCUT2D eigenvalue weighted by Gasteiger charge is 2.36. The Hall–Kier alpha value is -2.50. The summed E-state index contributed by atoms with van der Waals surface area (Å²) < 4.78 is 26.7. The molecule has 9 nitrogen and oxygen atoms in total. The Bertz CT molecular complexity index is 1420. The van der Waals surface area contributed by atoms with Gasteiger partial charge in [0.05, 0.1) is 6.26 Å². The molecule has 0 spiro atoms. The molecule has 46 heavy (non-hydrogen) atoms. The number of hydrogen-bond donors (Lipinski definition) is 2.